The maximum absolute atomic E-state index is 11.9. The molecule has 0 saturated heterocycles. The number of hydrogen-bond donors (Lipinski definition) is 2. The molecule has 3 N–H and O–H groups in total. The van der Waals surface area contributed by atoms with Crippen molar-refractivity contribution in [2.75, 3.05) is 7.11 Å². The second-order valence-corrected chi connectivity index (χ2v) is 5.17. The van der Waals surface area contributed by atoms with Crippen molar-refractivity contribution < 1.29 is 9.53 Å². The van der Waals surface area contributed by atoms with E-state index in [1.807, 2.05) is 24.3 Å². The molecule has 0 bridgehead atoms. The molecule has 5 nitrogen and oxygen atoms in total. The molecule has 0 saturated carbocycles. The highest BCUT2D eigenvalue weighted by Crippen LogP contribution is 2.35. The standard InChI is InChI=1S/C17H13N3O2/c1-22-10-2-3-12-14(7-10)20-16-11-4-5-19-8-9(11)6-13(15(12)16)17(18)21/h2-8,20H,1H3,(H2,18,21). The third kappa shape index (κ3) is 1.65. The van der Waals surface area contributed by atoms with Crippen LogP contribution in [0.1, 0.15) is 10.4 Å². The normalized spacial score (nSPS) is 11.3. The summed E-state index contributed by atoms with van der Waals surface area (Å²) in [6, 6.07) is 9.44. The molecule has 0 unspecified atom stereocenters. The number of aromatic amines is 1. The van der Waals surface area contributed by atoms with Crippen LogP contribution < -0.4 is 10.5 Å². The number of rotatable bonds is 2. The van der Waals surface area contributed by atoms with Gasteiger partial charge in [-0.2, -0.15) is 0 Å². The van der Waals surface area contributed by atoms with Gasteiger partial charge in [0.15, 0.2) is 0 Å². The van der Waals surface area contributed by atoms with Crippen LogP contribution in [0.2, 0.25) is 0 Å². The fourth-order valence-electron chi connectivity index (χ4n) is 2.96. The molecule has 2 aromatic heterocycles. The van der Waals surface area contributed by atoms with Gasteiger partial charge in [-0.15, -0.1) is 0 Å². The predicted molar refractivity (Wildman–Crippen MR) is 86.2 cm³/mol. The number of pyridine rings is 1. The molecule has 0 fully saturated rings. The second-order valence-electron chi connectivity index (χ2n) is 5.17. The van der Waals surface area contributed by atoms with Crippen molar-refractivity contribution in [2.45, 2.75) is 0 Å². The first-order chi connectivity index (χ1) is 10.7. The monoisotopic (exact) mass is 291 g/mol. The average Bonchev–Trinajstić information content (AvgIpc) is 2.92. The summed E-state index contributed by atoms with van der Waals surface area (Å²) in [5.41, 5.74) is 7.86. The zero-order valence-electron chi connectivity index (χ0n) is 11.9. The molecule has 0 atom stereocenters. The van der Waals surface area contributed by atoms with Crippen LogP contribution >= 0.6 is 0 Å². The van der Waals surface area contributed by atoms with Crippen molar-refractivity contribution in [3.8, 4) is 5.75 Å². The number of fused-ring (bicyclic) bond motifs is 5. The van der Waals surface area contributed by atoms with Crippen LogP contribution in [-0.4, -0.2) is 23.0 Å². The molecular formula is C17H13N3O2. The summed E-state index contributed by atoms with van der Waals surface area (Å²) in [6.45, 7) is 0. The van der Waals surface area contributed by atoms with Gasteiger partial charge in [0.2, 0.25) is 5.91 Å². The van der Waals surface area contributed by atoms with Gasteiger partial charge in [-0.05, 0) is 24.3 Å². The van der Waals surface area contributed by atoms with Gasteiger partial charge in [0.25, 0.3) is 0 Å². The molecule has 0 spiro atoms. The van der Waals surface area contributed by atoms with Crippen molar-refractivity contribution in [1.29, 1.82) is 0 Å². The molecule has 2 aromatic carbocycles. The summed E-state index contributed by atoms with van der Waals surface area (Å²) < 4.78 is 5.26. The number of carbonyl (C=O) groups excluding carboxylic acids is 1. The molecule has 4 rings (SSSR count). The molecule has 4 aromatic rings. The Morgan fingerprint density at radius 1 is 1.23 bits per heavy atom. The van der Waals surface area contributed by atoms with Gasteiger partial charge in [0, 0.05) is 45.6 Å². The van der Waals surface area contributed by atoms with E-state index in [0.717, 1.165) is 38.3 Å². The van der Waals surface area contributed by atoms with Crippen LogP contribution in [0.15, 0.2) is 42.7 Å². The topological polar surface area (TPSA) is 81.0 Å². The van der Waals surface area contributed by atoms with E-state index in [1.54, 1.807) is 25.6 Å². The first kappa shape index (κ1) is 12.6. The van der Waals surface area contributed by atoms with Gasteiger partial charge in [0.05, 0.1) is 18.1 Å². The van der Waals surface area contributed by atoms with Crippen LogP contribution in [0.5, 0.6) is 5.75 Å². The molecule has 1 amide bonds. The number of benzene rings is 2. The lowest BCUT2D eigenvalue weighted by Gasteiger charge is -2.04. The maximum Gasteiger partial charge on any atom is 0.249 e. The van der Waals surface area contributed by atoms with Crippen LogP contribution in [0.4, 0.5) is 0 Å². The number of methoxy groups -OCH3 is 1. The Labute approximate surface area is 125 Å². The molecule has 0 radical (unpaired) electrons. The Morgan fingerprint density at radius 2 is 2.09 bits per heavy atom. The fourth-order valence-corrected chi connectivity index (χ4v) is 2.96. The highest BCUT2D eigenvalue weighted by Gasteiger charge is 2.16. The largest absolute Gasteiger partial charge is 0.497 e. The first-order valence-corrected chi connectivity index (χ1v) is 6.85. The number of primary amides is 1. The lowest BCUT2D eigenvalue weighted by atomic mass is 10.0. The molecule has 0 aliphatic carbocycles. The third-order valence-corrected chi connectivity index (χ3v) is 3.96. The van der Waals surface area contributed by atoms with E-state index in [4.69, 9.17) is 10.5 Å². The van der Waals surface area contributed by atoms with Gasteiger partial charge in [0.1, 0.15) is 5.75 Å². The van der Waals surface area contributed by atoms with Gasteiger partial charge < -0.3 is 15.5 Å². The van der Waals surface area contributed by atoms with Crippen LogP contribution in [0.25, 0.3) is 32.6 Å². The number of nitrogens with two attached hydrogens (primary N) is 1. The van der Waals surface area contributed by atoms with Crippen molar-refractivity contribution >= 4 is 38.5 Å². The number of ether oxygens (including phenoxy) is 1. The van der Waals surface area contributed by atoms with E-state index in [0.29, 0.717) is 5.56 Å². The van der Waals surface area contributed by atoms with Gasteiger partial charge in [-0.1, -0.05) is 0 Å². The number of nitrogens with zero attached hydrogens (tertiary/aromatic N) is 1. The van der Waals surface area contributed by atoms with E-state index in [2.05, 4.69) is 9.97 Å². The van der Waals surface area contributed by atoms with Crippen molar-refractivity contribution in [1.82, 2.24) is 9.97 Å². The minimum Gasteiger partial charge on any atom is -0.497 e. The van der Waals surface area contributed by atoms with Gasteiger partial charge >= 0.3 is 0 Å². The van der Waals surface area contributed by atoms with E-state index < -0.39 is 5.91 Å². The molecule has 108 valence electrons. The number of carbonyl (C=O) groups is 1. The predicted octanol–water partition coefficient (Wildman–Crippen LogP) is 2.98. The van der Waals surface area contributed by atoms with E-state index in [9.17, 15) is 4.79 Å². The lowest BCUT2D eigenvalue weighted by Crippen LogP contribution is -2.11. The minimum atomic E-state index is -0.451. The van der Waals surface area contributed by atoms with E-state index in [-0.39, 0.29) is 0 Å². The Balaban J connectivity index is 2.26. The molecular weight excluding hydrogens is 278 g/mol. The Kier molecular flexibility index (Phi) is 2.56. The van der Waals surface area contributed by atoms with Gasteiger partial charge in [-0.3, -0.25) is 9.78 Å². The summed E-state index contributed by atoms with van der Waals surface area (Å²) >= 11 is 0. The Bertz CT molecular complexity index is 1050. The zero-order valence-corrected chi connectivity index (χ0v) is 11.9. The number of aromatic nitrogens is 2. The van der Waals surface area contributed by atoms with Crippen LogP contribution in [-0.2, 0) is 0 Å². The average molecular weight is 291 g/mol. The summed E-state index contributed by atoms with van der Waals surface area (Å²) in [5.74, 6) is 0.304. The van der Waals surface area contributed by atoms with Crippen molar-refractivity contribution in [3.63, 3.8) is 0 Å². The summed E-state index contributed by atoms with van der Waals surface area (Å²) in [5, 5.41) is 3.67. The van der Waals surface area contributed by atoms with E-state index >= 15 is 0 Å². The molecule has 5 heteroatoms. The zero-order chi connectivity index (χ0) is 15.3. The summed E-state index contributed by atoms with van der Waals surface area (Å²) in [7, 11) is 1.62. The first-order valence-electron chi connectivity index (χ1n) is 6.85. The molecule has 2 heterocycles. The Hall–Kier alpha value is -3.08. The lowest BCUT2D eigenvalue weighted by molar-refractivity contribution is 0.100. The minimum absolute atomic E-state index is 0.451. The summed E-state index contributed by atoms with van der Waals surface area (Å²) in [6.07, 6.45) is 3.46. The smallest absolute Gasteiger partial charge is 0.249 e. The maximum atomic E-state index is 11.9. The quantitative estimate of drug-likeness (QED) is 0.595. The second kappa shape index (κ2) is 4.46. The fraction of sp³-hybridized carbons (Fsp3) is 0.0588. The van der Waals surface area contributed by atoms with Crippen molar-refractivity contribution in [3.05, 3.63) is 48.3 Å². The highest BCUT2D eigenvalue weighted by atomic mass is 16.5. The number of hydrogen-bond acceptors (Lipinski definition) is 3. The molecule has 0 aliphatic heterocycles. The van der Waals surface area contributed by atoms with Crippen LogP contribution in [0.3, 0.4) is 0 Å². The highest BCUT2D eigenvalue weighted by molar-refractivity contribution is 6.24. The summed E-state index contributed by atoms with van der Waals surface area (Å²) in [4.78, 5) is 19.4. The van der Waals surface area contributed by atoms with Crippen molar-refractivity contribution in [2.24, 2.45) is 5.73 Å². The number of amides is 1. The Morgan fingerprint density at radius 3 is 2.86 bits per heavy atom. The molecule has 0 aliphatic rings. The molecule has 22 heavy (non-hydrogen) atoms. The third-order valence-electron chi connectivity index (χ3n) is 3.96. The van der Waals surface area contributed by atoms with Gasteiger partial charge in [-0.25, -0.2) is 0 Å². The van der Waals surface area contributed by atoms with E-state index in [1.165, 1.54) is 0 Å². The SMILES string of the molecule is COc1ccc2c(c1)[nH]c1c3ccncc3cc(C(N)=O)c21. The van der Waals surface area contributed by atoms with Crippen LogP contribution in [0, 0.1) is 0 Å². The number of nitrogens with one attached hydrogen (secondary N) is 1. The number of H-pyrrole nitrogens is 1.